The molecule has 1 amide bonds. The fraction of sp³-hybridized carbons (Fsp3) is 0.308. The highest BCUT2D eigenvalue weighted by molar-refractivity contribution is 5.87. The molecule has 0 unspecified atom stereocenters. The highest BCUT2D eigenvalue weighted by atomic mass is 16.3. The standard InChI is InChI=1S/C13H17NO2/c1-2-6-13(16)14(9-10-15)11-12-7-4-3-5-8-12/h2-8,15H,9-11H2,1H3/b6-2+. The fourth-order valence-electron chi connectivity index (χ4n) is 1.44. The van der Waals surface area contributed by atoms with Crippen LogP contribution in [0.3, 0.4) is 0 Å². The molecule has 1 rings (SSSR count). The largest absolute Gasteiger partial charge is 0.395 e. The van der Waals surface area contributed by atoms with Gasteiger partial charge in [-0.15, -0.1) is 0 Å². The normalized spacial score (nSPS) is 10.6. The predicted molar refractivity (Wildman–Crippen MR) is 63.8 cm³/mol. The number of aliphatic hydroxyl groups excluding tert-OH is 1. The van der Waals surface area contributed by atoms with Crippen LogP contribution in [-0.2, 0) is 11.3 Å². The number of nitrogens with zero attached hydrogens (tertiary/aromatic N) is 1. The molecule has 1 aromatic carbocycles. The van der Waals surface area contributed by atoms with E-state index in [9.17, 15) is 4.79 Å². The van der Waals surface area contributed by atoms with Crippen LogP contribution in [0.5, 0.6) is 0 Å². The van der Waals surface area contributed by atoms with E-state index in [-0.39, 0.29) is 12.5 Å². The monoisotopic (exact) mass is 219 g/mol. The smallest absolute Gasteiger partial charge is 0.246 e. The number of rotatable bonds is 5. The van der Waals surface area contributed by atoms with Crippen LogP contribution in [0.4, 0.5) is 0 Å². The zero-order valence-electron chi connectivity index (χ0n) is 9.47. The SMILES string of the molecule is C/C=C/C(=O)N(CCO)Cc1ccccc1. The summed E-state index contributed by atoms with van der Waals surface area (Å²) >= 11 is 0. The first-order chi connectivity index (χ1) is 7.77. The molecule has 0 atom stereocenters. The molecule has 0 aromatic heterocycles. The summed E-state index contributed by atoms with van der Waals surface area (Å²) in [4.78, 5) is 13.3. The number of carbonyl (C=O) groups is 1. The van der Waals surface area contributed by atoms with Crippen molar-refractivity contribution in [1.82, 2.24) is 4.90 Å². The second-order valence-electron chi connectivity index (χ2n) is 3.47. The Morgan fingerprint density at radius 2 is 2.06 bits per heavy atom. The minimum atomic E-state index is -0.0691. The molecule has 0 aliphatic carbocycles. The van der Waals surface area contributed by atoms with Gasteiger partial charge in [0.15, 0.2) is 0 Å². The van der Waals surface area contributed by atoms with E-state index in [2.05, 4.69) is 0 Å². The van der Waals surface area contributed by atoms with Crippen molar-refractivity contribution in [3.8, 4) is 0 Å². The third kappa shape index (κ3) is 3.87. The Hall–Kier alpha value is -1.61. The summed E-state index contributed by atoms with van der Waals surface area (Å²) in [6.45, 7) is 2.68. The Bertz CT molecular complexity index is 346. The maximum absolute atomic E-state index is 11.7. The Morgan fingerprint density at radius 3 is 2.62 bits per heavy atom. The number of allylic oxidation sites excluding steroid dienone is 1. The fourth-order valence-corrected chi connectivity index (χ4v) is 1.44. The Balaban J connectivity index is 2.68. The van der Waals surface area contributed by atoms with Gasteiger partial charge in [0.25, 0.3) is 0 Å². The van der Waals surface area contributed by atoms with E-state index < -0.39 is 0 Å². The van der Waals surface area contributed by atoms with Gasteiger partial charge >= 0.3 is 0 Å². The lowest BCUT2D eigenvalue weighted by atomic mass is 10.2. The van der Waals surface area contributed by atoms with Gasteiger partial charge in [-0.25, -0.2) is 0 Å². The van der Waals surface area contributed by atoms with Crippen molar-refractivity contribution in [2.75, 3.05) is 13.2 Å². The van der Waals surface area contributed by atoms with Crippen molar-refractivity contribution in [1.29, 1.82) is 0 Å². The van der Waals surface area contributed by atoms with Gasteiger partial charge in [0.1, 0.15) is 0 Å². The van der Waals surface area contributed by atoms with Crippen molar-refractivity contribution < 1.29 is 9.90 Å². The Kier molecular flexibility index (Phi) is 5.29. The number of amides is 1. The predicted octanol–water partition coefficient (Wildman–Crippen LogP) is 1.58. The van der Waals surface area contributed by atoms with Gasteiger partial charge in [0.05, 0.1) is 6.61 Å². The lowest BCUT2D eigenvalue weighted by molar-refractivity contribution is -0.127. The highest BCUT2D eigenvalue weighted by Gasteiger charge is 2.09. The zero-order chi connectivity index (χ0) is 11.8. The van der Waals surface area contributed by atoms with E-state index in [0.29, 0.717) is 13.1 Å². The molecule has 0 heterocycles. The number of aliphatic hydroxyl groups is 1. The number of benzene rings is 1. The van der Waals surface area contributed by atoms with Crippen molar-refractivity contribution in [3.05, 3.63) is 48.0 Å². The quantitative estimate of drug-likeness (QED) is 0.764. The van der Waals surface area contributed by atoms with Crippen LogP contribution in [0, 0.1) is 0 Å². The van der Waals surface area contributed by atoms with Gasteiger partial charge in [0.2, 0.25) is 5.91 Å². The molecule has 3 nitrogen and oxygen atoms in total. The molecule has 0 aliphatic heterocycles. The number of hydrogen-bond donors (Lipinski definition) is 1. The third-order valence-corrected chi connectivity index (χ3v) is 2.21. The summed E-state index contributed by atoms with van der Waals surface area (Å²) in [7, 11) is 0. The topological polar surface area (TPSA) is 40.5 Å². The summed E-state index contributed by atoms with van der Waals surface area (Å²) in [5, 5.41) is 8.91. The molecule has 0 spiro atoms. The molecular weight excluding hydrogens is 202 g/mol. The van der Waals surface area contributed by atoms with Gasteiger partial charge < -0.3 is 10.0 Å². The minimum absolute atomic E-state index is 0.0177. The van der Waals surface area contributed by atoms with Gasteiger partial charge in [-0.05, 0) is 18.6 Å². The first kappa shape index (κ1) is 12.5. The van der Waals surface area contributed by atoms with Crippen molar-refractivity contribution in [3.63, 3.8) is 0 Å². The molecule has 0 fully saturated rings. The summed E-state index contributed by atoms with van der Waals surface area (Å²) in [6.07, 6.45) is 3.22. The zero-order valence-corrected chi connectivity index (χ0v) is 9.47. The molecule has 0 aliphatic rings. The van der Waals surface area contributed by atoms with Crippen LogP contribution in [0.1, 0.15) is 12.5 Å². The maximum Gasteiger partial charge on any atom is 0.246 e. The van der Waals surface area contributed by atoms with E-state index in [1.165, 1.54) is 6.08 Å². The molecule has 0 saturated carbocycles. The maximum atomic E-state index is 11.7. The lowest BCUT2D eigenvalue weighted by Crippen LogP contribution is -2.31. The average molecular weight is 219 g/mol. The highest BCUT2D eigenvalue weighted by Crippen LogP contribution is 2.04. The van der Waals surface area contributed by atoms with E-state index in [0.717, 1.165) is 5.56 Å². The molecule has 1 N–H and O–H groups in total. The molecule has 16 heavy (non-hydrogen) atoms. The summed E-state index contributed by atoms with van der Waals surface area (Å²) in [5.41, 5.74) is 1.06. The van der Waals surface area contributed by atoms with Crippen molar-refractivity contribution in [2.45, 2.75) is 13.5 Å². The molecule has 0 radical (unpaired) electrons. The van der Waals surface area contributed by atoms with Gasteiger partial charge in [0, 0.05) is 13.1 Å². The second-order valence-corrected chi connectivity index (χ2v) is 3.47. The van der Waals surface area contributed by atoms with Crippen LogP contribution < -0.4 is 0 Å². The third-order valence-electron chi connectivity index (χ3n) is 2.21. The number of hydrogen-bond acceptors (Lipinski definition) is 2. The van der Waals surface area contributed by atoms with Crippen LogP contribution in [-0.4, -0.2) is 29.1 Å². The average Bonchev–Trinajstić information content (AvgIpc) is 2.30. The molecule has 86 valence electrons. The number of carbonyl (C=O) groups excluding carboxylic acids is 1. The molecule has 0 bridgehead atoms. The van der Waals surface area contributed by atoms with E-state index in [1.54, 1.807) is 17.9 Å². The first-order valence-corrected chi connectivity index (χ1v) is 5.34. The van der Waals surface area contributed by atoms with E-state index in [4.69, 9.17) is 5.11 Å². The summed E-state index contributed by atoms with van der Waals surface area (Å²) < 4.78 is 0. The molecule has 1 aromatic rings. The van der Waals surface area contributed by atoms with Crippen molar-refractivity contribution in [2.24, 2.45) is 0 Å². The summed E-state index contributed by atoms with van der Waals surface area (Å²) in [6, 6.07) is 9.74. The van der Waals surface area contributed by atoms with E-state index >= 15 is 0 Å². The van der Waals surface area contributed by atoms with Crippen LogP contribution in [0.25, 0.3) is 0 Å². The van der Waals surface area contributed by atoms with Crippen LogP contribution in [0.15, 0.2) is 42.5 Å². The molecule has 0 saturated heterocycles. The lowest BCUT2D eigenvalue weighted by Gasteiger charge is -2.20. The van der Waals surface area contributed by atoms with Crippen LogP contribution >= 0.6 is 0 Å². The Morgan fingerprint density at radius 1 is 1.38 bits per heavy atom. The van der Waals surface area contributed by atoms with Crippen molar-refractivity contribution >= 4 is 5.91 Å². The first-order valence-electron chi connectivity index (χ1n) is 5.34. The molecule has 3 heteroatoms. The van der Waals surface area contributed by atoms with E-state index in [1.807, 2.05) is 30.3 Å². The van der Waals surface area contributed by atoms with Gasteiger partial charge in [-0.3, -0.25) is 4.79 Å². The van der Waals surface area contributed by atoms with Crippen LogP contribution in [0.2, 0.25) is 0 Å². The molecular formula is C13H17NO2. The summed E-state index contributed by atoms with van der Waals surface area (Å²) in [5.74, 6) is -0.0691. The Labute approximate surface area is 96.0 Å². The minimum Gasteiger partial charge on any atom is -0.395 e. The second kappa shape index (κ2) is 6.80. The van der Waals surface area contributed by atoms with Gasteiger partial charge in [-0.2, -0.15) is 0 Å². The van der Waals surface area contributed by atoms with Gasteiger partial charge in [-0.1, -0.05) is 36.4 Å².